The normalized spacial score (nSPS) is 10.4. The Labute approximate surface area is 164 Å². The number of aryl methyl sites for hydroxylation is 2. The standard InChI is InChI=1S/C23H21NO4/c1-16-20(22(25)27-14-18-9-5-3-6-10-18)13-21(17(2)24-16)23(26)28-15-19-11-7-4-8-12-19/h3-13H,14-15H2,1-2H3. The Hall–Kier alpha value is -3.47. The second-order valence-electron chi connectivity index (χ2n) is 6.38. The average molecular weight is 375 g/mol. The summed E-state index contributed by atoms with van der Waals surface area (Å²) in [5, 5.41) is 0. The fourth-order valence-electron chi connectivity index (χ4n) is 2.74. The Balaban J connectivity index is 1.72. The first kappa shape index (κ1) is 19.3. The number of benzene rings is 2. The van der Waals surface area contributed by atoms with Gasteiger partial charge >= 0.3 is 11.9 Å². The molecule has 2 aromatic carbocycles. The van der Waals surface area contributed by atoms with Crippen LogP contribution in [0.3, 0.4) is 0 Å². The number of aromatic nitrogens is 1. The molecule has 0 N–H and O–H groups in total. The van der Waals surface area contributed by atoms with Crippen LogP contribution in [0.5, 0.6) is 0 Å². The van der Waals surface area contributed by atoms with Crippen LogP contribution in [-0.2, 0) is 22.7 Å². The third kappa shape index (κ3) is 4.82. The van der Waals surface area contributed by atoms with Crippen molar-refractivity contribution in [2.75, 3.05) is 0 Å². The molecule has 5 heteroatoms. The van der Waals surface area contributed by atoms with Gasteiger partial charge in [-0.25, -0.2) is 9.59 Å². The van der Waals surface area contributed by atoms with Gasteiger partial charge in [-0.1, -0.05) is 60.7 Å². The second-order valence-corrected chi connectivity index (χ2v) is 6.38. The quantitative estimate of drug-likeness (QED) is 0.597. The maximum Gasteiger partial charge on any atom is 0.340 e. The SMILES string of the molecule is Cc1nc(C)c(C(=O)OCc2ccccc2)cc1C(=O)OCc1ccccc1. The summed E-state index contributed by atoms with van der Waals surface area (Å²) < 4.78 is 10.7. The Kier molecular flexibility index (Phi) is 6.17. The van der Waals surface area contributed by atoms with Crippen LogP contribution in [0.2, 0.25) is 0 Å². The van der Waals surface area contributed by atoms with Gasteiger partial charge < -0.3 is 9.47 Å². The van der Waals surface area contributed by atoms with Crippen molar-refractivity contribution < 1.29 is 19.1 Å². The Bertz CT molecular complexity index is 892. The monoisotopic (exact) mass is 375 g/mol. The molecule has 0 aliphatic heterocycles. The topological polar surface area (TPSA) is 65.5 Å². The van der Waals surface area contributed by atoms with Crippen LogP contribution >= 0.6 is 0 Å². The van der Waals surface area contributed by atoms with Gasteiger partial charge in [-0.05, 0) is 31.0 Å². The van der Waals surface area contributed by atoms with Crippen molar-refractivity contribution in [2.45, 2.75) is 27.1 Å². The third-order valence-corrected chi connectivity index (χ3v) is 4.27. The second kappa shape index (κ2) is 8.95. The molecule has 0 aliphatic rings. The predicted molar refractivity (Wildman–Crippen MR) is 105 cm³/mol. The van der Waals surface area contributed by atoms with Gasteiger partial charge in [-0.3, -0.25) is 4.98 Å². The maximum absolute atomic E-state index is 12.5. The largest absolute Gasteiger partial charge is 0.457 e. The zero-order valence-corrected chi connectivity index (χ0v) is 15.8. The van der Waals surface area contributed by atoms with E-state index in [1.807, 2.05) is 60.7 Å². The van der Waals surface area contributed by atoms with Crippen LogP contribution < -0.4 is 0 Å². The van der Waals surface area contributed by atoms with E-state index in [4.69, 9.17) is 9.47 Å². The number of carbonyl (C=O) groups is 2. The van der Waals surface area contributed by atoms with Gasteiger partial charge in [0, 0.05) is 0 Å². The molecule has 5 nitrogen and oxygen atoms in total. The molecule has 3 aromatic rings. The molecule has 0 atom stereocenters. The van der Waals surface area contributed by atoms with E-state index in [-0.39, 0.29) is 24.3 Å². The highest BCUT2D eigenvalue weighted by atomic mass is 16.5. The highest BCUT2D eigenvalue weighted by Gasteiger charge is 2.19. The Morgan fingerprint density at radius 2 is 1.11 bits per heavy atom. The van der Waals surface area contributed by atoms with E-state index in [0.29, 0.717) is 11.4 Å². The van der Waals surface area contributed by atoms with Crippen molar-refractivity contribution in [3.05, 3.63) is 100 Å². The first-order valence-electron chi connectivity index (χ1n) is 8.95. The van der Waals surface area contributed by atoms with Gasteiger partial charge in [0.25, 0.3) is 0 Å². The van der Waals surface area contributed by atoms with Gasteiger partial charge in [0.15, 0.2) is 0 Å². The first-order chi connectivity index (χ1) is 13.5. The molecule has 0 amide bonds. The number of nitrogens with zero attached hydrogens (tertiary/aromatic N) is 1. The van der Waals surface area contributed by atoms with Gasteiger partial charge in [-0.15, -0.1) is 0 Å². The summed E-state index contributed by atoms with van der Waals surface area (Å²) in [6, 6.07) is 20.3. The zero-order valence-electron chi connectivity index (χ0n) is 15.8. The number of esters is 2. The number of hydrogen-bond donors (Lipinski definition) is 0. The van der Waals surface area contributed by atoms with Crippen LogP contribution in [0.15, 0.2) is 66.7 Å². The number of hydrogen-bond acceptors (Lipinski definition) is 5. The number of rotatable bonds is 6. The Morgan fingerprint density at radius 3 is 1.50 bits per heavy atom. The lowest BCUT2D eigenvalue weighted by Crippen LogP contribution is -2.14. The molecule has 0 unspecified atom stereocenters. The highest BCUT2D eigenvalue weighted by molar-refractivity contribution is 5.96. The van der Waals surface area contributed by atoms with Gasteiger partial charge in [0.05, 0.1) is 22.5 Å². The van der Waals surface area contributed by atoms with Crippen molar-refractivity contribution in [3.8, 4) is 0 Å². The Morgan fingerprint density at radius 1 is 0.714 bits per heavy atom. The molecular formula is C23H21NO4. The number of ether oxygens (including phenoxy) is 2. The van der Waals surface area contributed by atoms with Gasteiger partial charge in [0.1, 0.15) is 13.2 Å². The number of carbonyl (C=O) groups excluding carboxylic acids is 2. The number of pyridine rings is 1. The van der Waals surface area contributed by atoms with Crippen molar-refractivity contribution in [1.29, 1.82) is 0 Å². The molecule has 0 fully saturated rings. The van der Waals surface area contributed by atoms with E-state index in [1.54, 1.807) is 13.8 Å². The van der Waals surface area contributed by atoms with Gasteiger partial charge in [0.2, 0.25) is 0 Å². The van der Waals surface area contributed by atoms with Crippen LogP contribution in [-0.4, -0.2) is 16.9 Å². The summed E-state index contributed by atoms with van der Waals surface area (Å²) in [5.41, 5.74) is 3.30. The van der Waals surface area contributed by atoms with Crippen molar-refractivity contribution >= 4 is 11.9 Å². The smallest absolute Gasteiger partial charge is 0.340 e. The predicted octanol–water partition coefficient (Wildman–Crippen LogP) is 4.41. The lowest BCUT2D eigenvalue weighted by Gasteiger charge is -2.11. The summed E-state index contributed by atoms with van der Waals surface area (Å²) in [4.78, 5) is 29.3. The van der Waals surface area contributed by atoms with E-state index >= 15 is 0 Å². The molecule has 1 heterocycles. The summed E-state index contributed by atoms with van der Waals surface area (Å²) >= 11 is 0. The van der Waals surface area contributed by atoms with Crippen molar-refractivity contribution in [2.24, 2.45) is 0 Å². The van der Waals surface area contributed by atoms with E-state index < -0.39 is 11.9 Å². The van der Waals surface area contributed by atoms with Crippen LogP contribution in [0.4, 0.5) is 0 Å². The van der Waals surface area contributed by atoms with E-state index in [2.05, 4.69) is 4.98 Å². The molecule has 0 radical (unpaired) electrons. The molecule has 3 rings (SSSR count). The molecule has 142 valence electrons. The van der Waals surface area contributed by atoms with Gasteiger partial charge in [-0.2, -0.15) is 0 Å². The summed E-state index contributed by atoms with van der Waals surface area (Å²) in [5.74, 6) is -1.04. The summed E-state index contributed by atoms with van der Waals surface area (Å²) in [6.45, 7) is 3.73. The molecule has 0 saturated heterocycles. The fraction of sp³-hybridized carbons (Fsp3) is 0.174. The highest BCUT2D eigenvalue weighted by Crippen LogP contribution is 2.17. The molecule has 0 saturated carbocycles. The molecule has 0 bridgehead atoms. The van der Waals surface area contributed by atoms with Crippen molar-refractivity contribution in [3.63, 3.8) is 0 Å². The summed E-state index contributed by atoms with van der Waals surface area (Å²) in [6.07, 6.45) is 0. The minimum Gasteiger partial charge on any atom is -0.457 e. The minimum absolute atomic E-state index is 0.154. The molecule has 1 aromatic heterocycles. The fourth-order valence-corrected chi connectivity index (χ4v) is 2.74. The zero-order chi connectivity index (χ0) is 19.9. The van der Waals surface area contributed by atoms with E-state index in [0.717, 1.165) is 11.1 Å². The van der Waals surface area contributed by atoms with Crippen molar-refractivity contribution in [1.82, 2.24) is 4.98 Å². The molecular weight excluding hydrogens is 354 g/mol. The summed E-state index contributed by atoms with van der Waals surface area (Å²) in [7, 11) is 0. The minimum atomic E-state index is -0.522. The molecule has 0 spiro atoms. The van der Waals surface area contributed by atoms with Crippen LogP contribution in [0.25, 0.3) is 0 Å². The maximum atomic E-state index is 12.5. The lowest BCUT2D eigenvalue weighted by atomic mass is 10.1. The first-order valence-corrected chi connectivity index (χ1v) is 8.95. The average Bonchev–Trinajstić information content (AvgIpc) is 2.72. The molecule has 28 heavy (non-hydrogen) atoms. The van der Waals surface area contributed by atoms with E-state index in [1.165, 1.54) is 6.07 Å². The van der Waals surface area contributed by atoms with Crippen LogP contribution in [0, 0.1) is 13.8 Å². The van der Waals surface area contributed by atoms with Crippen LogP contribution in [0.1, 0.15) is 43.2 Å². The van der Waals surface area contributed by atoms with E-state index in [9.17, 15) is 9.59 Å². The molecule has 0 aliphatic carbocycles. The lowest BCUT2D eigenvalue weighted by molar-refractivity contribution is 0.0468. The third-order valence-electron chi connectivity index (χ3n) is 4.27.